The van der Waals surface area contributed by atoms with Crippen LogP contribution >= 0.6 is 27.5 Å². The molecule has 24 nitrogen and oxygen atoms in total. The third-order valence-corrected chi connectivity index (χ3v) is 14.3. The number of anilines is 4. The Hall–Kier alpha value is -8.45. The minimum Gasteiger partial charge on any atom is -0.444 e. The number of carbonyl (C=O) groups excluding carboxylic acids is 4. The van der Waals surface area contributed by atoms with Gasteiger partial charge in [-0.2, -0.15) is 20.2 Å². The van der Waals surface area contributed by atoms with Crippen LogP contribution in [0.15, 0.2) is 99.2 Å². The van der Waals surface area contributed by atoms with Gasteiger partial charge in [-0.25, -0.2) is 29.5 Å². The number of carbonyl (C=O) groups is 4. The van der Waals surface area contributed by atoms with Crippen molar-refractivity contribution in [1.29, 1.82) is 0 Å². The zero-order valence-corrected chi connectivity index (χ0v) is 54.5. The van der Waals surface area contributed by atoms with Crippen molar-refractivity contribution in [2.75, 3.05) is 36.8 Å². The Balaban J connectivity index is 0.000000193. The van der Waals surface area contributed by atoms with E-state index < -0.39 is 17.3 Å². The van der Waals surface area contributed by atoms with Gasteiger partial charge < -0.3 is 39.0 Å². The number of Topliss-reactive ketones (excluding diaryl/α,β-unsaturated/α-hetero) is 2. The number of ketones is 2. The molecule has 2 aliphatic rings. The second-order valence-corrected chi connectivity index (χ2v) is 26.9. The second kappa shape index (κ2) is 27.3. The van der Waals surface area contributed by atoms with E-state index in [1.807, 2.05) is 140 Å². The highest BCUT2D eigenvalue weighted by atomic mass is 79.9. The van der Waals surface area contributed by atoms with Gasteiger partial charge in [0.2, 0.25) is 46.9 Å². The fourth-order valence-corrected chi connectivity index (χ4v) is 9.99. The van der Waals surface area contributed by atoms with Gasteiger partial charge in [0.05, 0.1) is 29.5 Å². The molecule has 88 heavy (non-hydrogen) atoms. The van der Waals surface area contributed by atoms with Crippen molar-refractivity contribution in [3.8, 4) is 11.3 Å². The first kappa shape index (κ1) is 65.5. The number of aromatic nitrogens is 12. The van der Waals surface area contributed by atoms with Crippen LogP contribution in [0, 0.1) is 0 Å². The number of amides is 2. The number of benzene rings is 2. The molecule has 8 heterocycles. The smallest absolute Gasteiger partial charge is 0.410 e. The largest absolute Gasteiger partial charge is 0.444 e. The molecule has 0 spiro atoms. The highest BCUT2D eigenvalue weighted by Gasteiger charge is 2.35. The predicted molar refractivity (Wildman–Crippen MR) is 334 cm³/mol. The quantitative estimate of drug-likeness (QED) is 0.0899. The summed E-state index contributed by atoms with van der Waals surface area (Å²) in [7, 11) is 3.68. The lowest BCUT2D eigenvalue weighted by molar-refractivity contribution is 0.0234. The van der Waals surface area contributed by atoms with Gasteiger partial charge in [-0.1, -0.05) is 97.6 Å². The van der Waals surface area contributed by atoms with E-state index in [1.165, 1.54) is 0 Å². The van der Waals surface area contributed by atoms with E-state index in [1.54, 1.807) is 50.0 Å². The highest BCUT2D eigenvalue weighted by molar-refractivity contribution is 9.10. The Morgan fingerprint density at radius 3 is 1.50 bits per heavy atom. The van der Waals surface area contributed by atoms with Crippen LogP contribution in [0.3, 0.4) is 0 Å². The Morgan fingerprint density at radius 2 is 1.07 bits per heavy atom. The van der Waals surface area contributed by atoms with Crippen LogP contribution in [-0.2, 0) is 47.2 Å². The van der Waals surface area contributed by atoms with Crippen LogP contribution in [0.5, 0.6) is 0 Å². The zero-order valence-electron chi connectivity index (χ0n) is 52.2. The summed E-state index contributed by atoms with van der Waals surface area (Å²) in [4.78, 5) is 81.4. The summed E-state index contributed by atoms with van der Waals surface area (Å²) in [5.74, 6) is 0.938. The second-order valence-electron chi connectivity index (χ2n) is 25.6. The maximum absolute atomic E-state index is 13.4. The third-order valence-electron chi connectivity index (χ3n) is 13.6. The Morgan fingerprint density at radius 1 is 0.614 bits per heavy atom. The number of halogens is 2. The molecule has 2 atom stereocenters. The molecule has 0 saturated carbocycles. The SMILES string of the molecule is CC(C)(C)OC(=O)N1CCc2cc(Br)ccc2C(CC(=O)c2noc(C(C)(C)C)n2)C1.Cn1cc(Nc2nccc(-c3ccc4c(c3)CCN(C(=O)OC(C)(C)C)CC4CC(=O)c3noc(C(C)(C)C)n3)n2)cn1.Cn1cc(Nc2nccc(Cl)n2)cn1. The molecular weight excluding hydrogens is 1210 g/mol. The van der Waals surface area contributed by atoms with Crippen molar-refractivity contribution in [1.82, 2.24) is 69.6 Å². The van der Waals surface area contributed by atoms with E-state index in [4.69, 9.17) is 35.1 Å². The molecular formula is C62H76BrClN16O8. The van der Waals surface area contributed by atoms with Crippen molar-refractivity contribution < 1.29 is 37.7 Å². The normalized spacial score (nSPS) is 15.2. The van der Waals surface area contributed by atoms with Crippen molar-refractivity contribution in [3.63, 3.8) is 0 Å². The van der Waals surface area contributed by atoms with Crippen molar-refractivity contribution >= 4 is 74.6 Å². The number of aryl methyl sites for hydroxylation is 2. The molecule has 2 aromatic carbocycles. The lowest BCUT2D eigenvalue weighted by atomic mass is 9.88. The van der Waals surface area contributed by atoms with Crippen LogP contribution in [0.25, 0.3) is 11.3 Å². The average molecular weight is 1290 g/mol. The molecule has 2 N–H and O–H groups in total. The molecule has 0 aliphatic carbocycles. The van der Waals surface area contributed by atoms with Crippen LogP contribution in [0.2, 0.25) is 5.15 Å². The molecule has 2 aliphatic heterocycles. The summed E-state index contributed by atoms with van der Waals surface area (Å²) in [5.41, 5.74) is 5.52. The van der Waals surface area contributed by atoms with Gasteiger partial charge in [0.15, 0.2) is 0 Å². The van der Waals surface area contributed by atoms with Gasteiger partial charge in [-0.3, -0.25) is 19.0 Å². The number of hydrogen-bond donors (Lipinski definition) is 2. The van der Waals surface area contributed by atoms with Crippen LogP contribution < -0.4 is 10.6 Å². The number of fused-ring (bicyclic) bond motifs is 2. The predicted octanol–water partition coefficient (Wildman–Crippen LogP) is 12.3. The highest BCUT2D eigenvalue weighted by Crippen LogP contribution is 2.35. The molecule has 0 radical (unpaired) electrons. The van der Waals surface area contributed by atoms with Gasteiger partial charge >= 0.3 is 12.2 Å². The zero-order chi connectivity index (χ0) is 63.9. The standard InChI is InChI=1S/C31H38N8O4.C23H30BrN3O4.C8H8ClN5/c1-30(2,3)27-36-26(37-43-27)25(40)15-21-17-39(29(41)42-31(4,5)6)13-11-19-14-20(8-9-23(19)21)24-10-12-32-28(35-24)34-22-16-33-38(7)18-22;1-22(2,3)20-25-19(26-31-20)18(28)12-15-13-27(21(29)30-23(4,5)6)10-9-14-11-16(24)7-8-17(14)15;1-14-5-6(4-11-14)12-8-10-3-2-7(9)13-8/h8-10,12,14,16,18,21H,11,13,15,17H2,1-7H3,(H,32,34,35);7-8,11,15H,9-10,12-13H2,1-6H3;2-5H,1H3,(H,10,12,13). The summed E-state index contributed by atoms with van der Waals surface area (Å²) < 4.78 is 26.3. The van der Waals surface area contributed by atoms with Crippen LogP contribution in [0.1, 0.15) is 163 Å². The van der Waals surface area contributed by atoms with Crippen molar-refractivity contribution in [2.24, 2.45) is 14.1 Å². The van der Waals surface area contributed by atoms with Crippen LogP contribution in [-0.4, -0.2) is 131 Å². The van der Waals surface area contributed by atoms with E-state index in [0.717, 1.165) is 49.4 Å². The van der Waals surface area contributed by atoms with E-state index in [0.29, 0.717) is 67.9 Å². The summed E-state index contributed by atoms with van der Waals surface area (Å²) in [6.45, 7) is 24.4. The summed E-state index contributed by atoms with van der Waals surface area (Å²) in [6.07, 6.45) is 11.1. The van der Waals surface area contributed by atoms with E-state index in [9.17, 15) is 19.2 Å². The molecule has 0 fully saturated rings. The fraction of sp³-hybridized carbons (Fsp3) is 0.452. The molecule has 466 valence electrons. The molecule has 0 saturated heterocycles. The molecule has 8 aromatic rings. The van der Waals surface area contributed by atoms with Crippen molar-refractivity contribution in [3.05, 3.63) is 141 Å². The number of hydrogen-bond acceptors (Lipinski definition) is 20. The molecule has 0 bridgehead atoms. The van der Waals surface area contributed by atoms with Gasteiger partial charge in [0.1, 0.15) is 16.4 Å². The maximum Gasteiger partial charge on any atom is 0.410 e. The van der Waals surface area contributed by atoms with Gasteiger partial charge in [0.25, 0.3) is 0 Å². The topological polar surface area (TPSA) is 282 Å². The van der Waals surface area contributed by atoms with E-state index in [-0.39, 0.29) is 64.8 Å². The van der Waals surface area contributed by atoms with Gasteiger partial charge in [-0.15, -0.1) is 0 Å². The number of nitrogens with one attached hydrogen (secondary N) is 2. The lowest BCUT2D eigenvalue weighted by Gasteiger charge is -2.28. The summed E-state index contributed by atoms with van der Waals surface area (Å²) >= 11 is 9.23. The first-order chi connectivity index (χ1) is 41.3. The lowest BCUT2D eigenvalue weighted by Crippen LogP contribution is -2.39. The fourth-order valence-electron chi connectivity index (χ4n) is 9.44. The molecule has 2 amide bonds. The molecule has 10 rings (SSSR count). The molecule has 6 aromatic heterocycles. The number of rotatable bonds is 11. The minimum atomic E-state index is -0.642. The average Bonchev–Trinajstić information content (AvgIpc) is 4.45. The van der Waals surface area contributed by atoms with Crippen LogP contribution in [0.4, 0.5) is 32.9 Å². The molecule has 2 unspecified atom stereocenters. The first-order valence-electron chi connectivity index (χ1n) is 28.8. The monoisotopic (exact) mass is 1290 g/mol. The Kier molecular flexibility index (Phi) is 20.3. The summed E-state index contributed by atoms with van der Waals surface area (Å²) in [5, 5.41) is 22.6. The van der Waals surface area contributed by atoms with Gasteiger partial charge in [0, 0.05) is 111 Å². The minimum absolute atomic E-state index is 0.0470. The van der Waals surface area contributed by atoms with Gasteiger partial charge in [-0.05, 0) is 107 Å². The third kappa shape index (κ3) is 18.3. The van der Waals surface area contributed by atoms with E-state index >= 15 is 0 Å². The number of nitrogens with zero attached hydrogens (tertiary/aromatic N) is 14. The van der Waals surface area contributed by atoms with Crippen molar-refractivity contribution in [2.45, 2.75) is 143 Å². The Bertz CT molecular complexity index is 3760. The molecule has 26 heteroatoms. The maximum atomic E-state index is 13.4. The number of ether oxygens (including phenoxy) is 2. The first-order valence-corrected chi connectivity index (χ1v) is 29.9. The van der Waals surface area contributed by atoms with E-state index in [2.05, 4.69) is 84.1 Å². The Labute approximate surface area is 525 Å². The summed E-state index contributed by atoms with van der Waals surface area (Å²) in [6, 6.07) is 15.6.